The molecule has 0 bridgehead atoms. The Kier molecular flexibility index (Phi) is 8.90. The molecule has 228 valence electrons. The Morgan fingerprint density at radius 2 is 1.79 bits per heavy atom. The number of likely N-dealkylation sites (N-methyl/N-ethyl adjacent to an activating group) is 1. The van der Waals surface area contributed by atoms with Crippen LogP contribution in [0.4, 0.5) is 27.8 Å². The summed E-state index contributed by atoms with van der Waals surface area (Å²) in [6.07, 6.45) is -4.95. The van der Waals surface area contributed by atoms with Gasteiger partial charge in [-0.15, -0.1) is 0 Å². The zero-order chi connectivity index (χ0) is 31.8. The normalized spacial score (nSPS) is 15.9. The standard InChI is InChI=1S/C28H25ClF5N5O4/c1-13(40)11-39-23(14(2)20-9-17(30)4-5-21(20)29)24(36-25(39)27(43)35-19-10-22(41)38(3)12-19)37-26(42)15-6-16(28(32,33)34)8-18(31)7-15/h4-9,14,19H,10-12H2,1-3H3,(H,35,43)(H,37,42)/t14-,19-/m0/s1. The number of hydrogen-bond acceptors (Lipinski definition) is 5. The number of hydrogen-bond donors (Lipinski definition) is 2. The highest BCUT2D eigenvalue weighted by atomic mass is 35.5. The molecule has 15 heteroatoms. The first-order valence-electron chi connectivity index (χ1n) is 12.8. The van der Waals surface area contributed by atoms with Gasteiger partial charge in [0, 0.05) is 36.5 Å². The third-order valence-corrected chi connectivity index (χ3v) is 7.17. The van der Waals surface area contributed by atoms with E-state index in [9.17, 15) is 41.1 Å². The lowest BCUT2D eigenvalue weighted by molar-refractivity contribution is -0.137. The summed E-state index contributed by atoms with van der Waals surface area (Å²) in [5.41, 5.74) is -1.93. The molecule has 3 amide bonds. The number of imidazole rings is 1. The van der Waals surface area contributed by atoms with E-state index < -0.39 is 65.0 Å². The maximum absolute atomic E-state index is 14.2. The summed E-state index contributed by atoms with van der Waals surface area (Å²) in [4.78, 5) is 56.5. The lowest BCUT2D eigenvalue weighted by Crippen LogP contribution is -2.38. The first-order valence-corrected chi connectivity index (χ1v) is 13.2. The average molecular weight is 626 g/mol. The van der Waals surface area contributed by atoms with Crippen LogP contribution in [0.25, 0.3) is 0 Å². The summed E-state index contributed by atoms with van der Waals surface area (Å²) in [6, 6.07) is 4.15. The van der Waals surface area contributed by atoms with Crippen LogP contribution < -0.4 is 10.6 Å². The highest BCUT2D eigenvalue weighted by Gasteiger charge is 2.34. The molecule has 0 spiro atoms. The molecule has 3 aromatic rings. The van der Waals surface area contributed by atoms with E-state index in [4.69, 9.17) is 11.6 Å². The Balaban J connectivity index is 1.84. The molecule has 1 aliphatic heterocycles. The SMILES string of the molecule is CC(=O)Cn1c(C(=O)N[C@H]2CC(=O)N(C)C2)nc(NC(=O)c2cc(F)cc(C(F)(F)F)c2)c1[C@@H](C)c1cc(F)ccc1Cl. The van der Waals surface area contributed by atoms with E-state index >= 15 is 0 Å². The predicted octanol–water partition coefficient (Wildman–Crippen LogP) is 4.79. The number of carbonyl (C=O) groups excluding carboxylic acids is 4. The average Bonchev–Trinajstić information content (AvgIpc) is 3.41. The summed E-state index contributed by atoms with van der Waals surface area (Å²) in [5.74, 6) is -6.35. The van der Waals surface area contributed by atoms with Gasteiger partial charge in [0.05, 0.1) is 23.8 Å². The van der Waals surface area contributed by atoms with Crippen molar-refractivity contribution in [3.8, 4) is 0 Å². The molecule has 1 fully saturated rings. The number of Topliss-reactive ketones (excluding diaryl/α,β-unsaturated/α-hetero) is 1. The van der Waals surface area contributed by atoms with Gasteiger partial charge in [0.15, 0.2) is 5.82 Å². The van der Waals surface area contributed by atoms with E-state index in [-0.39, 0.29) is 52.9 Å². The topological polar surface area (TPSA) is 113 Å². The van der Waals surface area contributed by atoms with E-state index in [0.29, 0.717) is 12.1 Å². The zero-order valence-electron chi connectivity index (χ0n) is 23.0. The Morgan fingerprint density at radius 1 is 1.09 bits per heavy atom. The molecule has 1 aromatic heterocycles. The molecule has 2 aromatic carbocycles. The molecule has 2 N–H and O–H groups in total. The molecule has 0 radical (unpaired) electrons. The van der Waals surface area contributed by atoms with Crippen molar-refractivity contribution in [2.75, 3.05) is 18.9 Å². The van der Waals surface area contributed by atoms with E-state index in [0.717, 1.165) is 12.1 Å². The molecule has 1 aliphatic rings. The number of amides is 3. The number of aromatic nitrogens is 2. The Bertz CT molecular complexity index is 1620. The van der Waals surface area contributed by atoms with Gasteiger partial charge >= 0.3 is 6.18 Å². The van der Waals surface area contributed by atoms with Crippen LogP contribution in [-0.2, 0) is 22.3 Å². The van der Waals surface area contributed by atoms with Crippen molar-refractivity contribution in [3.05, 3.63) is 81.3 Å². The number of nitrogens with zero attached hydrogens (tertiary/aromatic N) is 3. The third-order valence-electron chi connectivity index (χ3n) is 6.82. The highest BCUT2D eigenvalue weighted by molar-refractivity contribution is 6.31. The fourth-order valence-electron chi connectivity index (χ4n) is 4.82. The van der Waals surface area contributed by atoms with E-state index in [1.807, 2.05) is 0 Å². The minimum absolute atomic E-state index is 0.00250. The van der Waals surface area contributed by atoms with Crippen molar-refractivity contribution >= 4 is 40.9 Å². The van der Waals surface area contributed by atoms with Gasteiger partial charge in [0.1, 0.15) is 17.4 Å². The number of nitrogens with one attached hydrogen (secondary N) is 2. The van der Waals surface area contributed by atoms with Crippen LogP contribution in [0.3, 0.4) is 0 Å². The first-order chi connectivity index (χ1) is 20.0. The smallest absolute Gasteiger partial charge is 0.344 e. The molecular formula is C28H25ClF5N5O4. The summed E-state index contributed by atoms with van der Waals surface area (Å²) in [5, 5.41) is 5.07. The van der Waals surface area contributed by atoms with Crippen molar-refractivity contribution in [2.45, 2.75) is 44.9 Å². The molecule has 4 rings (SSSR count). The third kappa shape index (κ3) is 7.01. The van der Waals surface area contributed by atoms with E-state index in [2.05, 4.69) is 15.6 Å². The number of carbonyl (C=O) groups is 4. The molecule has 2 atom stereocenters. The van der Waals surface area contributed by atoms with Gasteiger partial charge in [-0.1, -0.05) is 18.5 Å². The first kappa shape index (κ1) is 31.6. The second kappa shape index (κ2) is 12.1. The van der Waals surface area contributed by atoms with Crippen LogP contribution in [0.2, 0.25) is 5.02 Å². The lowest BCUT2D eigenvalue weighted by atomic mass is 9.96. The molecule has 1 saturated heterocycles. The van der Waals surface area contributed by atoms with Gasteiger partial charge in [0.2, 0.25) is 11.7 Å². The number of ketones is 1. The van der Waals surface area contributed by atoms with Gasteiger partial charge in [-0.2, -0.15) is 13.2 Å². The number of halogens is 6. The Morgan fingerprint density at radius 3 is 2.40 bits per heavy atom. The number of rotatable bonds is 8. The number of anilines is 1. The maximum Gasteiger partial charge on any atom is 0.416 e. The monoisotopic (exact) mass is 625 g/mol. The fourth-order valence-corrected chi connectivity index (χ4v) is 5.10. The van der Waals surface area contributed by atoms with Crippen molar-refractivity contribution in [1.82, 2.24) is 19.8 Å². The molecule has 0 unspecified atom stereocenters. The van der Waals surface area contributed by atoms with Crippen LogP contribution in [0.15, 0.2) is 36.4 Å². The van der Waals surface area contributed by atoms with Gasteiger partial charge < -0.3 is 20.1 Å². The lowest BCUT2D eigenvalue weighted by Gasteiger charge is -2.19. The summed E-state index contributed by atoms with van der Waals surface area (Å²) >= 11 is 6.33. The molecular weight excluding hydrogens is 601 g/mol. The van der Waals surface area contributed by atoms with Gasteiger partial charge in [0.25, 0.3) is 11.8 Å². The largest absolute Gasteiger partial charge is 0.416 e. The van der Waals surface area contributed by atoms with Crippen molar-refractivity contribution in [2.24, 2.45) is 0 Å². The quantitative estimate of drug-likeness (QED) is 0.350. The van der Waals surface area contributed by atoms with E-state index in [1.54, 1.807) is 7.05 Å². The number of likely N-dealkylation sites (tertiary alicyclic amines) is 1. The van der Waals surface area contributed by atoms with Crippen molar-refractivity contribution in [3.63, 3.8) is 0 Å². The number of alkyl halides is 3. The predicted molar refractivity (Wildman–Crippen MR) is 145 cm³/mol. The molecule has 9 nitrogen and oxygen atoms in total. The van der Waals surface area contributed by atoms with Crippen molar-refractivity contribution in [1.29, 1.82) is 0 Å². The van der Waals surface area contributed by atoms with E-state index in [1.165, 1.54) is 29.4 Å². The minimum atomic E-state index is -4.95. The van der Waals surface area contributed by atoms with Crippen LogP contribution in [0.5, 0.6) is 0 Å². The maximum atomic E-state index is 14.2. The van der Waals surface area contributed by atoms with Crippen molar-refractivity contribution < 1.29 is 41.1 Å². The molecule has 0 saturated carbocycles. The van der Waals surface area contributed by atoms with Crippen LogP contribution >= 0.6 is 11.6 Å². The van der Waals surface area contributed by atoms with Crippen LogP contribution in [-0.4, -0.2) is 57.6 Å². The molecule has 43 heavy (non-hydrogen) atoms. The molecule has 2 heterocycles. The van der Waals surface area contributed by atoms with Gasteiger partial charge in [-0.25, -0.2) is 13.8 Å². The zero-order valence-corrected chi connectivity index (χ0v) is 23.7. The summed E-state index contributed by atoms with van der Waals surface area (Å²) < 4.78 is 69.3. The minimum Gasteiger partial charge on any atom is -0.344 e. The van der Waals surface area contributed by atoms with Crippen LogP contribution in [0, 0.1) is 11.6 Å². The second-order valence-corrected chi connectivity index (χ2v) is 10.6. The Hall–Kier alpha value is -4.33. The Labute approximate surface area is 247 Å². The molecule has 0 aliphatic carbocycles. The van der Waals surface area contributed by atoms with Crippen LogP contribution in [0.1, 0.15) is 64.0 Å². The second-order valence-electron chi connectivity index (χ2n) is 10.2. The summed E-state index contributed by atoms with van der Waals surface area (Å²) in [6.45, 7) is 2.50. The number of benzene rings is 2. The summed E-state index contributed by atoms with van der Waals surface area (Å²) in [7, 11) is 1.55. The highest BCUT2D eigenvalue weighted by Crippen LogP contribution is 2.36. The van der Waals surface area contributed by atoms with Gasteiger partial charge in [-0.05, 0) is 48.9 Å². The van der Waals surface area contributed by atoms with Gasteiger partial charge in [-0.3, -0.25) is 19.2 Å². The fraction of sp³-hybridized carbons (Fsp3) is 0.321.